The van der Waals surface area contributed by atoms with Crippen LogP contribution in [0.2, 0.25) is 0 Å². The Hall–Kier alpha value is -3.44. The highest BCUT2D eigenvalue weighted by molar-refractivity contribution is 5.75. The number of esters is 3. The molecule has 12 nitrogen and oxygen atoms in total. The first-order valence-corrected chi connectivity index (χ1v) is 9.02. The third-order valence-electron chi connectivity index (χ3n) is 4.50. The second-order valence-electron chi connectivity index (χ2n) is 6.84. The number of aromatic amines is 1. The summed E-state index contributed by atoms with van der Waals surface area (Å²) in [5.41, 5.74) is -1.33. The average molecular weight is 425 g/mol. The lowest BCUT2D eigenvalue weighted by atomic mass is 10.1. The molecule has 1 N–H and O–H groups in total. The fourth-order valence-electron chi connectivity index (χ4n) is 3.43. The first-order valence-electron chi connectivity index (χ1n) is 9.02. The van der Waals surface area contributed by atoms with Gasteiger partial charge < -0.3 is 19.1 Å². The quantitative estimate of drug-likeness (QED) is 0.462. The monoisotopic (exact) mass is 425 g/mol. The molecule has 0 aromatic carbocycles. The molecular formula is C18H23N3O9. The number of hydrogen-bond acceptors (Lipinski definition) is 9. The number of ether oxygens (including phenoxy) is 3. The number of nitrogens with one attached hydrogen (secondary N) is 1. The number of rotatable bonds is 5. The standard InChI is InChI=1S/C18H23N3O9/c1-8-6-20(18(27)19-16(8)26)17-15(30-12(5)25)14(29-11(4)24)13(7-28-10(3)23)21(17)9(2)22/h6,13-15,17H,7H2,1-5H3,(H,19,26,27)/t13-,14-,15-,17-/m0/s1. The van der Waals surface area contributed by atoms with E-state index in [4.69, 9.17) is 14.2 Å². The van der Waals surface area contributed by atoms with E-state index >= 15 is 0 Å². The number of amides is 1. The van der Waals surface area contributed by atoms with E-state index in [9.17, 15) is 28.8 Å². The van der Waals surface area contributed by atoms with E-state index in [1.807, 2.05) is 0 Å². The Morgan fingerprint density at radius 1 is 0.967 bits per heavy atom. The zero-order chi connectivity index (χ0) is 22.7. The summed E-state index contributed by atoms with van der Waals surface area (Å²) < 4.78 is 16.7. The highest BCUT2D eigenvalue weighted by Crippen LogP contribution is 2.36. The van der Waals surface area contributed by atoms with E-state index in [0.717, 1.165) is 30.2 Å². The van der Waals surface area contributed by atoms with E-state index < -0.39 is 59.5 Å². The molecule has 0 unspecified atom stereocenters. The number of hydrogen-bond donors (Lipinski definition) is 1. The molecule has 2 rings (SSSR count). The Bertz CT molecular complexity index is 980. The summed E-state index contributed by atoms with van der Waals surface area (Å²) in [6.45, 7) is 5.65. The van der Waals surface area contributed by atoms with Gasteiger partial charge in [-0.3, -0.25) is 33.5 Å². The molecule has 30 heavy (non-hydrogen) atoms. The Morgan fingerprint density at radius 2 is 1.53 bits per heavy atom. The highest BCUT2D eigenvalue weighted by Gasteiger charge is 2.55. The van der Waals surface area contributed by atoms with Gasteiger partial charge >= 0.3 is 23.6 Å². The number of H-pyrrole nitrogens is 1. The van der Waals surface area contributed by atoms with Gasteiger partial charge in [-0.05, 0) is 6.92 Å². The van der Waals surface area contributed by atoms with Gasteiger partial charge in [0.05, 0.1) is 0 Å². The summed E-state index contributed by atoms with van der Waals surface area (Å²) in [6, 6.07) is -1.05. The summed E-state index contributed by atoms with van der Waals surface area (Å²) in [5, 5.41) is 0. The SMILES string of the molecule is CC(=O)OC[C@H]1[C@H](OC(C)=O)[C@H](OC(C)=O)[C@@H](n2cc(C)c(=O)[nH]c2=O)N1C(C)=O. The van der Waals surface area contributed by atoms with E-state index in [1.54, 1.807) is 0 Å². The van der Waals surface area contributed by atoms with E-state index in [-0.39, 0.29) is 12.2 Å². The zero-order valence-electron chi connectivity index (χ0n) is 17.2. The summed E-state index contributed by atoms with van der Waals surface area (Å²) in [6.07, 6.45) is -2.60. The Morgan fingerprint density at radius 3 is 2.03 bits per heavy atom. The van der Waals surface area contributed by atoms with Crippen LogP contribution in [0.5, 0.6) is 0 Å². The van der Waals surface area contributed by atoms with Gasteiger partial charge in [0.2, 0.25) is 5.91 Å². The van der Waals surface area contributed by atoms with Crippen LogP contribution >= 0.6 is 0 Å². The van der Waals surface area contributed by atoms with Crippen molar-refractivity contribution in [2.75, 3.05) is 6.61 Å². The maximum atomic E-state index is 12.5. The van der Waals surface area contributed by atoms with Crippen LogP contribution in [0, 0.1) is 6.92 Å². The zero-order valence-corrected chi connectivity index (χ0v) is 17.2. The van der Waals surface area contributed by atoms with Gasteiger partial charge in [0.1, 0.15) is 12.6 Å². The number of aromatic nitrogens is 2. The molecular weight excluding hydrogens is 402 g/mol. The van der Waals surface area contributed by atoms with Crippen molar-refractivity contribution >= 4 is 23.8 Å². The van der Waals surface area contributed by atoms with Crippen LogP contribution in [0.25, 0.3) is 0 Å². The molecule has 0 aliphatic carbocycles. The lowest BCUT2D eigenvalue weighted by Crippen LogP contribution is -2.47. The lowest BCUT2D eigenvalue weighted by Gasteiger charge is -2.30. The van der Waals surface area contributed by atoms with Gasteiger partial charge in [-0.15, -0.1) is 0 Å². The maximum Gasteiger partial charge on any atom is 0.330 e. The number of nitrogens with zero attached hydrogens (tertiary/aromatic N) is 2. The smallest absolute Gasteiger partial charge is 0.330 e. The van der Waals surface area contributed by atoms with Crippen molar-refractivity contribution in [3.63, 3.8) is 0 Å². The van der Waals surface area contributed by atoms with Crippen LogP contribution in [0.1, 0.15) is 39.4 Å². The van der Waals surface area contributed by atoms with Crippen molar-refractivity contribution in [3.05, 3.63) is 32.6 Å². The second kappa shape index (κ2) is 8.93. The molecule has 1 aliphatic rings. The fourth-order valence-corrected chi connectivity index (χ4v) is 3.43. The van der Waals surface area contributed by atoms with Gasteiger partial charge in [-0.25, -0.2) is 4.79 Å². The molecule has 1 fully saturated rings. The molecule has 0 saturated carbocycles. The van der Waals surface area contributed by atoms with E-state index in [1.165, 1.54) is 20.0 Å². The minimum Gasteiger partial charge on any atom is -0.464 e. The second-order valence-corrected chi connectivity index (χ2v) is 6.84. The molecule has 1 amide bonds. The van der Waals surface area contributed by atoms with Crippen LogP contribution in [-0.4, -0.2) is 63.1 Å². The van der Waals surface area contributed by atoms with Crippen LogP contribution < -0.4 is 11.2 Å². The van der Waals surface area contributed by atoms with Gasteiger partial charge in [0.15, 0.2) is 18.4 Å². The lowest BCUT2D eigenvalue weighted by molar-refractivity contribution is -0.166. The number of carbonyl (C=O) groups excluding carboxylic acids is 4. The molecule has 2 heterocycles. The molecule has 12 heteroatoms. The minimum atomic E-state index is -1.31. The topological polar surface area (TPSA) is 154 Å². The molecule has 0 spiro atoms. The van der Waals surface area contributed by atoms with Crippen molar-refractivity contribution in [1.29, 1.82) is 0 Å². The van der Waals surface area contributed by atoms with Crippen molar-refractivity contribution in [3.8, 4) is 0 Å². The minimum absolute atomic E-state index is 0.159. The predicted molar refractivity (Wildman–Crippen MR) is 99.1 cm³/mol. The predicted octanol–water partition coefficient (Wildman–Crippen LogP) is -0.999. The third kappa shape index (κ3) is 4.75. The van der Waals surface area contributed by atoms with Gasteiger partial charge in [-0.2, -0.15) is 0 Å². The van der Waals surface area contributed by atoms with Crippen molar-refractivity contribution in [2.45, 2.75) is 59.0 Å². The molecule has 164 valence electrons. The largest absolute Gasteiger partial charge is 0.464 e. The Labute approximate surface area is 170 Å². The van der Waals surface area contributed by atoms with Gasteiger partial charge in [0, 0.05) is 39.5 Å². The Balaban J connectivity index is 2.71. The summed E-state index contributed by atoms with van der Waals surface area (Å²) in [5.74, 6) is -2.71. The van der Waals surface area contributed by atoms with Crippen LogP contribution in [0.15, 0.2) is 15.8 Å². The summed E-state index contributed by atoms with van der Waals surface area (Å²) in [7, 11) is 0. The van der Waals surface area contributed by atoms with Gasteiger partial charge in [0.25, 0.3) is 5.56 Å². The maximum absolute atomic E-state index is 12.5. The van der Waals surface area contributed by atoms with Crippen molar-refractivity contribution in [2.24, 2.45) is 0 Å². The summed E-state index contributed by atoms with van der Waals surface area (Å²) >= 11 is 0. The molecule has 4 atom stereocenters. The van der Waals surface area contributed by atoms with Crippen LogP contribution in [0.3, 0.4) is 0 Å². The normalized spacial score (nSPS) is 23.0. The van der Waals surface area contributed by atoms with E-state index in [2.05, 4.69) is 4.98 Å². The Kier molecular flexibility index (Phi) is 6.80. The molecule has 1 saturated heterocycles. The highest BCUT2D eigenvalue weighted by atomic mass is 16.6. The fraction of sp³-hybridized carbons (Fsp3) is 0.556. The first kappa shape index (κ1) is 22.8. The molecule has 1 aromatic heterocycles. The molecule has 1 aliphatic heterocycles. The van der Waals surface area contributed by atoms with E-state index in [0.29, 0.717) is 0 Å². The average Bonchev–Trinajstić information content (AvgIpc) is 2.88. The first-order chi connectivity index (χ1) is 13.9. The van der Waals surface area contributed by atoms with Crippen LogP contribution in [0.4, 0.5) is 0 Å². The number of likely N-dealkylation sites (tertiary alicyclic amines) is 1. The number of carbonyl (C=O) groups is 4. The van der Waals surface area contributed by atoms with Crippen LogP contribution in [-0.2, 0) is 33.4 Å². The van der Waals surface area contributed by atoms with Gasteiger partial charge in [-0.1, -0.05) is 0 Å². The van der Waals surface area contributed by atoms with Crippen molar-refractivity contribution in [1.82, 2.24) is 14.5 Å². The third-order valence-corrected chi connectivity index (χ3v) is 4.50. The molecule has 0 radical (unpaired) electrons. The molecule has 0 bridgehead atoms. The number of aryl methyl sites for hydroxylation is 1. The summed E-state index contributed by atoms with van der Waals surface area (Å²) in [4.78, 5) is 74.9. The molecule has 1 aromatic rings. The van der Waals surface area contributed by atoms with Crippen molar-refractivity contribution < 1.29 is 33.4 Å².